The molecule has 8 nitrogen and oxygen atoms in total. The van der Waals surface area contributed by atoms with E-state index in [1.54, 1.807) is 0 Å². The molecule has 226 valence electrons. The average Bonchev–Trinajstić information content (AvgIpc) is 3.53. The number of carbonyl (C=O) groups excluding carboxylic acids is 4. The maximum absolute atomic E-state index is 12.4. The summed E-state index contributed by atoms with van der Waals surface area (Å²) in [4.78, 5) is 52.4. The number of allylic oxidation sites excluding steroid dienone is 1. The van der Waals surface area contributed by atoms with Gasteiger partial charge in [-0.15, -0.1) is 5.06 Å². The van der Waals surface area contributed by atoms with Crippen LogP contribution in [0.4, 0.5) is 0 Å². The Hall–Kier alpha value is -2.22. The molecule has 1 saturated heterocycles. The van der Waals surface area contributed by atoms with Crippen molar-refractivity contribution in [2.75, 3.05) is 0 Å². The molecular formula is C32H51NO7. The van der Waals surface area contributed by atoms with E-state index in [1.807, 2.05) is 0 Å². The average molecular weight is 562 g/mol. The van der Waals surface area contributed by atoms with E-state index < -0.39 is 23.8 Å². The molecule has 1 aliphatic heterocycles. The number of imide groups is 1. The van der Waals surface area contributed by atoms with Gasteiger partial charge in [-0.3, -0.25) is 14.4 Å². The number of amides is 2. The normalized spacial score (nSPS) is 28.7. The summed E-state index contributed by atoms with van der Waals surface area (Å²) < 4.78 is 5.68. The Morgan fingerprint density at radius 3 is 2.20 bits per heavy atom. The van der Waals surface area contributed by atoms with Gasteiger partial charge in [-0.25, -0.2) is 4.79 Å². The van der Waals surface area contributed by atoms with Crippen molar-refractivity contribution in [2.45, 2.75) is 130 Å². The first-order valence-electron chi connectivity index (χ1n) is 15.6. The standard InChI is InChI=1S/C32H51NO7/c1-20(2)28(34)13-8-23(5)25-11-10-24(18-25)21(3)6-9-26-19-27(12-7-22(26)4)39-31(37)16-17-32(38)40-33-29(35)14-15-30(33)36/h9,20-25,27-28,34H,6-8,10-19H2,1-5H3/b26-9-/t21?,22?,23?,24?,25-,27-,28-/m0/s1. The Morgan fingerprint density at radius 2 is 1.55 bits per heavy atom. The Morgan fingerprint density at radius 1 is 0.925 bits per heavy atom. The van der Waals surface area contributed by atoms with Crippen LogP contribution < -0.4 is 0 Å². The zero-order valence-corrected chi connectivity index (χ0v) is 25.2. The summed E-state index contributed by atoms with van der Waals surface area (Å²) in [5.41, 5.74) is 1.35. The van der Waals surface area contributed by atoms with Gasteiger partial charge in [-0.1, -0.05) is 46.3 Å². The third-order valence-electron chi connectivity index (χ3n) is 9.61. The van der Waals surface area contributed by atoms with Crippen molar-refractivity contribution >= 4 is 23.8 Å². The molecule has 7 atom stereocenters. The Kier molecular flexibility index (Phi) is 12.2. The van der Waals surface area contributed by atoms with Gasteiger partial charge in [0.1, 0.15) is 6.10 Å². The van der Waals surface area contributed by atoms with Crippen LogP contribution in [0.2, 0.25) is 0 Å². The number of nitrogens with zero attached hydrogens (tertiary/aromatic N) is 1. The molecule has 0 spiro atoms. The van der Waals surface area contributed by atoms with Gasteiger partial charge in [-0.05, 0) is 86.9 Å². The fourth-order valence-electron chi connectivity index (χ4n) is 6.45. The molecule has 4 unspecified atom stereocenters. The molecule has 1 N–H and O–H groups in total. The lowest BCUT2D eigenvalue weighted by Gasteiger charge is -2.30. The molecule has 1 heterocycles. The molecular weight excluding hydrogens is 510 g/mol. The van der Waals surface area contributed by atoms with E-state index in [-0.39, 0.29) is 37.9 Å². The van der Waals surface area contributed by atoms with Crippen LogP contribution in [-0.4, -0.2) is 46.1 Å². The highest BCUT2D eigenvalue weighted by Gasteiger charge is 2.34. The van der Waals surface area contributed by atoms with E-state index in [4.69, 9.17) is 9.57 Å². The summed E-state index contributed by atoms with van der Waals surface area (Å²) >= 11 is 0. The summed E-state index contributed by atoms with van der Waals surface area (Å²) in [5.74, 6) is 1.23. The minimum absolute atomic E-state index is 0.0353. The van der Waals surface area contributed by atoms with Crippen molar-refractivity contribution in [1.29, 1.82) is 0 Å². The van der Waals surface area contributed by atoms with E-state index in [9.17, 15) is 24.3 Å². The lowest BCUT2D eigenvalue weighted by molar-refractivity contribution is -0.197. The van der Waals surface area contributed by atoms with Crippen LogP contribution in [0.3, 0.4) is 0 Å². The van der Waals surface area contributed by atoms with Crippen LogP contribution in [0.5, 0.6) is 0 Å². The molecule has 0 aromatic rings. The highest BCUT2D eigenvalue weighted by atomic mass is 16.7. The summed E-state index contributed by atoms with van der Waals surface area (Å²) in [6.45, 7) is 11.1. The third-order valence-corrected chi connectivity index (χ3v) is 9.61. The number of aliphatic hydroxyl groups is 1. The summed E-state index contributed by atoms with van der Waals surface area (Å²) in [7, 11) is 0. The van der Waals surface area contributed by atoms with Gasteiger partial charge in [0.15, 0.2) is 0 Å². The van der Waals surface area contributed by atoms with Gasteiger partial charge >= 0.3 is 11.9 Å². The number of hydrogen-bond acceptors (Lipinski definition) is 7. The van der Waals surface area contributed by atoms with E-state index >= 15 is 0 Å². The van der Waals surface area contributed by atoms with E-state index in [0.717, 1.165) is 50.4 Å². The quantitative estimate of drug-likeness (QED) is 0.169. The van der Waals surface area contributed by atoms with E-state index in [0.29, 0.717) is 28.7 Å². The molecule has 0 bridgehead atoms. The predicted octanol–water partition coefficient (Wildman–Crippen LogP) is 5.91. The van der Waals surface area contributed by atoms with Gasteiger partial charge < -0.3 is 14.7 Å². The Bertz CT molecular complexity index is 912. The molecule has 3 fully saturated rings. The highest BCUT2D eigenvalue weighted by molar-refractivity contribution is 6.01. The minimum atomic E-state index is -0.788. The number of aliphatic hydroxyl groups excluding tert-OH is 1. The van der Waals surface area contributed by atoms with Gasteiger partial charge in [0, 0.05) is 19.3 Å². The number of carbonyl (C=O) groups is 4. The van der Waals surface area contributed by atoms with Crippen molar-refractivity contribution in [3.05, 3.63) is 11.6 Å². The molecule has 0 aromatic heterocycles. The number of ether oxygens (including phenoxy) is 1. The van der Waals surface area contributed by atoms with Crippen molar-refractivity contribution in [2.24, 2.45) is 35.5 Å². The number of hydroxylamine groups is 2. The van der Waals surface area contributed by atoms with Gasteiger partial charge in [0.2, 0.25) is 0 Å². The van der Waals surface area contributed by atoms with Crippen molar-refractivity contribution in [3.63, 3.8) is 0 Å². The first kappa shape index (κ1) is 32.3. The summed E-state index contributed by atoms with van der Waals surface area (Å²) in [6.07, 6.45) is 11.1. The topological polar surface area (TPSA) is 110 Å². The van der Waals surface area contributed by atoms with Crippen LogP contribution >= 0.6 is 0 Å². The second kappa shape index (κ2) is 15.1. The van der Waals surface area contributed by atoms with E-state index in [2.05, 4.69) is 40.7 Å². The lowest BCUT2D eigenvalue weighted by atomic mass is 9.81. The summed E-state index contributed by atoms with van der Waals surface area (Å²) in [5, 5.41) is 10.7. The van der Waals surface area contributed by atoms with Crippen molar-refractivity contribution in [3.8, 4) is 0 Å². The highest BCUT2D eigenvalue weighted by Crippen LogP contribution is 2.42. The fourth-order valence-corrected chi connectivity index (χ4v) is 6.45. The summed E-state index contributed by atoms with van der Waals surface area (Å²) in [6, 6.07) is 0. The molecule has 0 aromatic carbocycles. The zero-order chi connectivity index (χ0) is 29.4. The fraction of sp³-hybridized carbons (Fsp3) is 0.812. The van der Waals surface area contributed by atoms with Gasteiger partial charge in [0.25, 0.3) is 11.8 Å². The first-order valence-corrected chi connectivity index (χ1v) is 15.6. The first-order chi connectivity index (χ1) is 18.9. The molecule has 2 amide bonds. The maximum Gasteiger partial charge on any atom is 0.333 e. The Labute approximate surface area is 240 Å². The van der Waals surface area contributed by atoms with Crippen LogP contribution in [-0.2, 0) is 28.8 Å². The second-order valence-electron chi connectivity index (χ2n) is 13.0. The SMILES string of the molecule is CC1CC[C@H](OC(=O)CCC(=O)ON2C(=O)CCC2=O)C/C1=C/CC(C)C1CC[C@H](C(C)CC[C@H](O)C(C)C)C1. The molecule has 2 aliphatic carbocycles. The van der Waals surface area contributed by atoms with Gasteiger partial charge in [-0.2, -0.15) is 0 Å². The smallest absolute Gasteiger partial charge is 0.333 e. The number of rotatable bonds is 13. The van der Waals surface area contributed by atoms with Crippen LogP contribution in [0, 0.1) is 35.5 Å². The maximum atomic E-state index is 12.4. The lowest BCUT2D eigenvalue weighted by Crippen LogP contribution is -2.32. The largest absolute Gasteiger partial charge is 0.462 e. The van der Waals surface area contributed by atoms with Crippen LogP contribution in [0.15, 0.2) is 11.6 Å². The molecule has 3 aliphatic rings. The zero-order valence-electron chi connectivity index (χ0n) is 25.2. The van der Waals surface area contributed by atoms with Crippen LogP contribution in [0.25, 0.3) is 0 Å². The number of hydrogen-bond donors (Lipinski definition) is 1. The molecule has 3 rings (SSSR count). The van der Waals surface area contributed by atoms with Gasteiger partial charge in [0.05, 0.1) is 18.9 Å². The van der Waals surface area contributed by atoms with Crippen molar-refractivity contribution in [1.82, 2.24) is 5.06 Å². The van der Waals surface area contributed by atoms with Crippen molar-refractivity contribution < 1.29 is 33.9 Å². The Balaban J connectivity index is 1.39. The molecule has 2 saturated carbocycles. The minimum Gasteiger partial charge on any atom is -0.462 e. The predicted molar refractivity (Wildman–Crippen MR) is 151 cm³/mol. The number of esters is 1. The third kappa shape index (κ3) is 9.42. The molecule has 40 heavy (non-hydrogen) atoms. The molecule has 8 heteroatoms. The molecule has 0 radical (unpaired) electrons. The van der Waals surface area contributed by atoms with Crippen LogP contribution in [0.1, 0.15) is 118 Å². The van der Waals surface area contributed by atoms with E-state index in [1.165, 1.54) is 24.8 Å². The second-order valence-corrected chi connectivity index (χ2v) is 13.0. The monoisotopic (exact) mass is 561 g/mol.